The summed E-state index contributed by atoms with van der Waals surface area (Å²) in [5.41, 5.74) is 1.57. The molecule has 7 nitrogen and oxygen atoms in total. The molecule has 26 heavy (non-hydrogen) atoms. The Hall–Kier alpha value is -2.51. The van der Waals surface area contributed by atoms with Crippen molar-refractivity contribution in [3.8, 4) is 0 Å². The molecule has 1 aromatic carbocycles. The van der Waals surface area contributed by atoms with E-state index in [-0.39, 0.29) is 5.78 Å². The van der Waals surface area contributed by atoms with Gasteiger partial charge >= 0.3 is 0 Å². The highest BCUT2D eigenvalue weighted by molar-refractivity contribution is 5.94. The standard InChI is InChI=1S/C19H22N4O3/c1-14(24)15-2-4-16(5-3-15)21-17-6-9-20-18(22-17)23-10-7-19(8-11-23)25-12-13-26-19/h2-6,9H,7-8,10-13H2,1H3,(H,20,21,22). The summed E-state index contributed by atoms with van der Waals surface area (Å²) in [6.45, 7) is 4.52. The number of Topliss-reactive ketones (excluding diaryl/α,β-unsaturated/α-hetero) is 1. The van der Waals surface area contributed by atoms with Crippen molar-refractivity contribution >= 4 is 23.2 Å². The molecule has 4 rings (SSSR count). The molecule has 0 amide bonds. The number of ketones is 1. The second-order valence-electron chi connectivity index (χ2n) is 6.60. The second-order valence-corrected chi connectivity index (χ2v) is 6.60. The van der Waals surface area contributed by atoms with Gasteiger partial charge in [-0.1, -0.05) is 0 Å². The van der Waals surface area contributed by atoms with Crippen molar-refractivity contribution in [3.05, 3.63) is 42.1 Å². The Bertz CT molecular complexity index is 778. The van der Waals surface area contributed by atoms with Crippen LogP contribution in [0.1, 0.15) is 30.1 Å². The largest absolute Gasteiger partial charge is 0.347 e. The van der Waals surface area contributed by atoms with Crippen LogP contribution in [-0.2, 0) is 9.47 Å². The van der Waals surface area contributed by atoms with Crippen LogP contribution in [0.2, 0.25) is 0 Å². The third-order valence-corrected chi connectivity index (χ3v) is 4.83. The lowest BCUT2D eigenvalue weighted by molar-refractivity contribution is -0.169. The number of benzene rings is 1. The van der Waals surface area contributed by atoms with Crippen LogP contribution >= 0.6 is 0 Å². The summed E-state index contributed by atoms with van der Waals surface area (Å²) in [4.78, 5) is 22.5. The van der Waals surface area contributed by atoms with E-state index in [0.717, 1.165) is 37.4 Å². The van der Waals surface area contributed by atoms with Crippen molar-refractivity contribution in [2.24, 2.45) is 0 Å². The molecule has 0 radical (unpaired) electrons. The van der Waals surface area contributed by atoms with E-state index in [4.69, 9.17) is 9.47 Å². The van der Waals surface area contributed by atoms with E-state index < -0.39 is 5.79 Å². The summed E-state index contributed by atoms with van der Waals surface area (Å²) in [6.07, 6.45) is 3.39. The van der Waals surface area contributed by atoms with Crippen molar-refractivity contribution in [1.82, 2.24) is 9.97 Å². The maximum absolute atomic E-state index is 11.4. The van der Waals surface area contributed by atoms with Crippen molar-refractivity contribution in [2.75, 3.05) is 36.5 Å². The predicted octanol–water partition coefficient (Wildman–Crippen LogP) is 2.77. The summed E-state index contributed by atoms with van der Waals surface area (Å²) in [7, 11) is 0. The molecule has 0 aliphatic carbocycles. The fourth-order valence-corrected chi connectivity index (χ4v) is 3.34. The van der Waals surface area contributed by atoms with Gasteiger partial charge in [0.25, 0.3) is 0 Å². The van der Waals surface area contributed by atoms with Gasteiger partial charge in [0.1, 0.15) is 5.82 Å². The quantitative estimate of drug-likeness (QED) is 0.846. The highest BCUT2D eigenvalue weighted by Gasteiger charge is 2.40. The van der Waals surface area contributed by atoms with Gasteiger partial charge in [-0.05, 0) is 37.3 Å². The van der Waals surface area contributed by atoms with Gasteiger partial charge in [0.2, 0.25) is 5.95 Å². The van der Waals surface area contributed by atoms with Gasteiger partial charge < -0.3 is 19.7 Å². The first kappa shape index (κ1) is 16.9. The van der Waals surface area contributed by atoms with E-state index in [9.17, 15) is 4.79 Å². The molecule has 136 valence electrons. The number of nitrogens with zero attached hydrogens (tertiary/aromatic N) is 3. The second kappa shape index (κ2) is 7.01. The molecule has 1 spiro atoms. The van der Waals surface area contributed by atoms with E-state index in [2.05, 4.69) is 20.2 Å². The Morgan fingerprint density at radius 3 is 2.46 bits per heavy atom. The summed E-state index contributed by atoms with van der Waals surface area (Å²) in [5, 5.41) is 3.26. The van der Waals surface area contributed by atoms with Gasteiger partial charge in [-0.3, -0.25) is 4.79 Å². The molecule has 2 saturated heterocycles. The molecule has 0 atom stereocenters. The van der Waals surface area contributed by atoms with Crippen LogP contribution in [-0.4, -0.2) is 47.8 Å². The summed E-state index contributed by atoms with van der Waals surface area (Å²) >= 11 is 0. The maximum Gasteiger partial charge on any atom is 0.227 e. The van der Waals surface area contributed by atoms with Crippen molar-refractivity contribution in [3.63, 3.8) is 0 Å². The topological polar surface area (TPSA) is 76.6 Å². The number of hydrogen-bond acceptors (Lipinski definition) is 7. The fourth-order valence-electron chi connectivity index (χ4n) is 3.34. The zero-order valence-corrected chi connectivity index (χ0v) is 14.8. The van der Waals surface area contributed by atoms with Crippen LogP contribution < -0.4 is 10.2 Å². The van der Waals surface area contributed by atoms with E-state index in [1.807, 2.05) is 18.2 Å². The average Bonchev–Trinajstić information content (AvgIpc) is 3.11. The number of aromatic nitrogens is 2. The normalized spacial score (nSPS) is 18.9. The Kier molecular flexibility index (Phi) is 4.57. The smallest absolute Gasteiger partial charge is 0.227 e. The Morgan fingerprint density at radius 2 is 1.81 bits per heavy atom. The van der Waals surface area contributed by atoms with Crippen LogP contribution in [0.15, 0.2) is 36.5 Å². The molecule has 2 fully saturated rings. The highest BCUT2D eigenvalue weighted by Crippen LogP contribution is 2.32. The minimum absolute atomic E-state index is 0.0546. The van der Waals surface area contributed by atoms with Crippen molar-refractivity contribution in [1.29, 1.82) is 0 Å². The summed E-state index contributed by atoms with van der Waals surface area (Å²) in [6, 6.07) is 9.18. The van der Waals surface area contributed by atoms with E-state index in [1.165, 1.54) is 0 Å². The summed E-state index contributed by atoms with van der Waals surface area (Å²) < 4.78 is 11.5. The third kappa shape index (κ3) is 3.54. The average molecular weight is 354 g/mol. The first-order valence-electron chi connectivity index (χ1n) is 8.88. The monoisotopic (exact) mass is 354 g/mol. The van der Waals surface area contributed by atoms with Crippen LogP contribution in [0, 0.1) is 0 Å². The van der Waals surface area contributed by atoms with Crippen LogP contribution in [0.25, 0.3) is 0 Å². The van der Waals surface area contributed by atoms with Gasteiger partial charge in [-0.15, -0.1) is 0 Å². The highest BCUT2D eigenvalue weighted by atomic mass is 16.7. The SMILES string of the molecule is CC(=O)c1ccc(Nc2ccnc(N3CCC4(CC3)OCCO4)n2)cc1. The molecular formula is C19H22N4O3. The molecule has 0 saturated carbocycles. The lowest BCUT2D eigenvalue weighted by atomic mass is 10.0. The molecule has 7 heteroatoms. The molecule has 3 heterocycles. The molecule has 0 unspecified atom stereocenters. The number of anilines is 3. The predicted molar refractivity (Wildman–Crippen MR) is 97.8 cm³/mol. The lowest BCUT2D eigenvalue weighted by Crippen LogP contribution is -2.45. The number of hydrogen-bond donors (Lipinski definition) is 1. The number of carbonyl (C=O) groups is 1. The number of nitrogens with one attached hydrogen (secondary N) is 1. The van der Waals surface area contributed by atoms with Gasteiger partial charge in [0.15, 0.2) is 11.6 Å². The zero-order valence-electron chi connectivity index (χ0n) is 14.8. The van der Waals surface area contributed by atoms with Gasteiger partial charge in [0.05, 0.1) is 13.2 Å². The van der Waals surface area contributed by atoms with E-state index in [0.29, 0.717) is 24.7 Å². The molecule has 2 aliphatic heterocycles. The first-order valence-corrected chi connectivity index (χ1v) is 8.88. The van der Waals surface area contributed by atoms with Gasteiger partial charge in [-0.25, -0.2) is 4.98 Å². The first-order chi connectivity index (χ1) is 12.6. The molecule has 2 aromatic rings. The lowest BCUT2D eigenvalue weighted by Gasteiger charge is -2.37. The number of piperidine rings is 1. The zero-order chi connectivity index (χ0) is 18.0. The third-order valence-electron chi connectivity index (χ3n) is 4.83. The number of ether oxygens (including phenoxy) is 2. The Morgan fingerprint density at radius 1 is 1.12 bits per heavy atom. The van der Waals surface area contributed by atoms with Crippen molar-refractivity contribution < 1.29 is 14.3 Å². The maximum atomic E-state index is 11.4. The molecular weight excluding hydrogens is 332 g/mol. The fraction of sp³-hybridized carbons (Fsp3) is 0.421. The molecule has 2 aliphatic rings. The Balaban J connectivity index is 1.42. The van der Waals surface area contributed by atoms with Crippen molar-refractivity contribution in [2.45, 2.75) is 25.6 Å². The molecule has 0 bridgehead atoms. The Labute approximate surface area is 152 Å². The van der Waals surface area contributed by atoms with E-state index >= 15 is 0 Å². The van der Waals surface area contributed by atoms with Gasteiger partial charge in [0, 0.05) is 43.4 Å². The molecule has 1 aromatic heterocycles. The van der Waals surface area contributed by atoms with Crippen LogP contribution in [0.5, 0.6) is 0 Å². The minimum Gasteiger partial charge on any atom is -0.347 e. The molecule has 1 N–H and O–H groups in total. The summed E-state index contributed by atoms with van der Waals surface area (Å²) in [5.74, 6) is 1.08. The minimum atomic E-state index is -0.398. The van der Waals surface area contributed by atoms with Crippen LogP contribution in [0.3, 0.4) is 0 Å². The van der Waals surface area contributed by atoms with Gasteiger partial charge in [-0.2, -0.15) is 4.98 Å². The van der Waals surface area contributed by atoms with E-state index in [1.54, 1.807) is 25.3 Å². The van der Waals surface area contributed by atoms with Crippen LogP contribution in [0.4, 0.5) is 17.5 Å². The number of rotatable bonds is 4. The number of carbonyl (C=O) groups excluding carboxylic acids is 1.